The average Bonchev–Trinajstić information content (AvgIpc) is 2.94. The molecule has 0 aliphatic rings. The highest BCUT2D eigenvalue weighted by molar-refractivity contribution is 14.1. The average molecular weight is 354 g/mol. The minimum atomic E-state index is 0.516. The summed E-state index contributed by atoms with van der Waals surface area (Å²) in [6.07, 6.45) is 7.54. The van der Waals surface area contributed by atoms with Crippen molar-refractivity contribution in [3.63, 3.8) is 0 Å². The third-order valence-electron chi connectivity index (χ3n) is 2.60. The minimum absolute atomic E-state index is 0.516. The van der Waals surface area contributed by atoms with Gasteiger partial charge in [0.1, 0.15) is 21.7 Å². The lowest BCUT2D eigenvalue weighted by molar-refractivity contribution is 0.306. The highest BCUT2D eigenvalue weighted by Crippen LogP contribution is 2.17. The predicted octanol–water partition coefficient (Wildman–Crippen LogP) is 2.25. The Labute approximate surface area is 118 Å². The van der Waals surface area contributed by atoms with Crippen LogP contribution in [0.1, 0.15) is 5.56 Å². The lowest BCUT2D eigenvalue weighted by Gasteiger charge is -2.04. The summed E-state index contributed by atoms with van der Waals surface area (Å²) in [6, 6.07) is 3.87. The van der Waals surface area contributed by atoms with Gasteiger partial charge in [0.15, 0.2) is 0 Å². The molecule has 0 spiro atoms. The first-order valence-electron chi connectivity index (χ1n) is 5.45. The van der Waals surface area contributed by atoms with Crippen LogP contribution < -0.4 is 4.74 Å². The summed E-state index contributed by atoms with van der Waals surface area (Å²) in [5.74, 6) is 0.813. The molecule has 3 aromatic heterocycles. The molecule has 0 bridgehead atoms. The van der Waals surface area contributed by atoms with Gasteiger partial charge in [0.05, 0.1) is 12.4 Å². The molecule has 0 amide bonds. The second kappa shape index (κ2) is 4.60. The van der Waals surface area contributed by atoms with Gasteiger partial charge in [-0.15, -0.1) is 0 Å². The van der Waals surface area contributed by atoms with Crippen LogP contribution in [0.3, 0.4) is 0 Å². The van der Waals surface area contributed by atoms with Crippen molar-refractivity contribution >= 4 is 28.2 Å². The van der Waals surface area contributed by atoms with Gasteiger partial charge in [-0.05, 0) is 28.7 Å². The molecular weight excluding hydrogens is 343 g/mol. The fraction of sp³-hybridized carbons (Fsp3) is 0.167. The largest absolute Gasteiger partial charge is 0.489 e. The number of nitrogens with zero attached hydrogens (tertiary/aromatic N) is 4. The first-order chi connectivity index (χ1) is 8.72. The van der Waals surface area contributed by atoms with Crippen LogP contribution >= 0.6 is 22.6 Å². The molecule has 0 aromatic carbocycles. The minimum Gasteiger partial charge on any atom is -0.489 e. The number of aryl methyl sites for hydroxylation is 1. The zero-order valence-electron chi connectivity index (χ0n) is 9.75. The van der Waals surface area contributed by atoms with Crippen LogP contribution in [0.15, 0.2) is 36.9 Å². The summed E-state index contributed by atoms with van der Waals surface area (Å²) in [6.45, 7) is 0.516. The van der Waals surface area contributed by atoms with E-state index in [2.05, 4.69) is 32.7 Å². The van der Waals surface area contributed by atoms with Gasteiger partial charge in [0, 0.05) is 31.1 Å². The van der Waals surface area contributed by atoms with Crippen LogP contribution in [0.25, 0.3) is 5.65 Å². The molecule has 3 heterocycles. The standard InChI is InChI=1S/C12H11IN4O/c1-16-7-9(5-15-16)8-18-10-2-3-17-11(13)6-14-12(17)4-10/h2-7H,8H2,1H3. The molecule has 6 heteroatoms. The molecule has 0 atom stereocenters. The second-order valence-corrected chi connectivity index (χ2v) is 5.09. The van der Waals surface area contributed by atoms with Crippen LogP contribution in [0.2, 0.25) is 0 Å². The molecule has 3 rings (SSSR count). The molecule has 0 fully saturated rings. The summed E-state index contributed by atoms with van der Waals surface area (Å²) >= 11 is 2.25. The third kappa shape index (κ3) is 2.20. The zero-order chi connectivity index (χ0) is 12.5. The Bertz CT molecular complexity index is 688. The highest BCUT2D eigenvalue weighted by atomic mass is 127. The number of aromatic nitrogens is 4. The zero-order valence-corrected chi connectivity index (χ0v) is 11.9. The quantitative estimate of drug-likeness (QED) is 0.678. The second-order valence-electron chi connectivity index (χ2n) is 3.98. The van der Waals surface area contributed by atoms with Gasteiger partial charge in [0.25, 0.3) is 0 Å². The number of halogens is 1. The maximum atomic E-state index is 5.71. The number of imidazole rings is 1. The Morgan fingerprint density at radius 3 is 3.06 bits per heavy atom. The molecule has 0 unspecified atom stereocenters. The Hall–Kier alpha value is -1.57. The van der Waals surface area contributed by atoms with Crippen molar-refractivity contribution in [2.75, 3.05) is 0 Å². The molecule has 0 radical (unpaired) electrons. The number of ether oxygens (including phenoxy) is 1. The van der Waals surface area contributed by atoms with E-state index in [1.54, 1.807) is 10.9 Å². The van der Waals surface area contributed by atoms with E-state index in [1.165, 1.54) is 0 Å². The van der Waals surface area contributed by atoms with E-state index in [-0.39, 0.29) is 0 Å². The Kier molecular flexibility index (Phi) is 2.94. The van der Waals surface area contributed by atoms with Crippen molar-refractivity contribution in [2.45, 2.75) is 6.61 Å². The summed E-state index contributed by atoms with van der Waals surface area (Å²) in [5.41, 5.74) is 1.94. The lowest BCUT2D eigenvalue weighted by atomic mass is 10.4. The van der Waals surface area contributed by atoms with E-state index < -0.39 is 0 Å². The molecule has 0 saturated heterocycles. The molecular formula is C12H11IN4O. The van der Waals surface area contributed by atoms with Crippen molar-refractivity contribution in [2.24, 2.45) is 7.05 Å². The number of hydrogen-bond donors (Lipinski definition) is 0. The van der Waals surface area contributed by atoms with E-state index in [0.717, 1.165) is 20.7 Å². The van der Waals surface area contributed by atoms with Gasteiger partial charge in [-0.2, -0.15) is 5.10 Å². The molecule has 0 aliphatic carbocycles. The third-order valence-corrected chi connectivity index (χ3v) is 3.40. The number of hydrogen-bond acceptors (Lipinski definition) is 3. The normalized spacial score (nSPS) is 11.0. The summed E-state index contributed by atoms with van der Waals surface area (Å²) in [5, 5.41) is 4.10. The Balaban J connectivity index is 1.78. The van der Waals surface area contributed by atoms with Crippen molar-refractivity contribution in [1.82, 2.24) is 19.2 Å². The van der Waals surface area contributed by atoms with Crippen LogP contribution in [0, 0.1) is 3.70 Å². The highest BCUT2D eigenvalue weighted by Gasteiger charge is 2.03. The van der Waals surface area contributed by atoms with E-state index in [9.17, 15) is 0 Å². The smallest absolute Gasteiger partial charge is 0.141 e. The van der Waals surface area contributed by atoms with E-state index in [4.69, 9.17) is 4.74 Å². The summed E-state index contributed by atoms with van der Waals surface area (Å²) < 4.78 is 10.6. The molecule has 0 aliphatic heterocycles. The predicted molar refractivity (Wildman–Crippen MR) is 75.4 cm³/mol. The topological polar surface area (TPSA) is 44.4 Å². The first-order valence-corrected chi connectivity index (χ1v) is 6.53. The Morgan fingerprint density at radius 1 is 1.39 bits per heavy atom. The van der Waals surface area contributed by atoms with Crippen molar-refractivity contribution in [1.29, 1.82) is 0 Å². The van der Waals surface area contributed by atoms with Gasteiger partial charge >= 0.3 is 0 Å². The van der Waals surface area contributed by atoms with E-state index >= 15 is 0 Å². The summed E-state index contributed by atoms with van der Waals surface area (Å²) in [7, 11) is 1.89. The van der Waals surface area contributed by atoms with Crippen molar-refractivity contribution in [3.05, 3.63) is 46.2 Å². The summed E-state index contributed by atoms with van der Waals surface area (Å²) in [4.78, 5) is 4.30. The molecule has 0 N–H and O–H groups in total. The van der Waals surface area contributed by atoms with Crippen LogP contribution in [0.5, 0.6) is 5.75 Å². The fourth-order valence-electron chi connectivity index (χ4n) is 1.73. The van der Waals surface area contributed by atoms with Gasteiger partial charge in [-0.25, -0.2) is 4.98 Å². The first kappa shape index (κ1) is 11.5. The lowest BCUT2D eigenvalue weighted by Crippen LogP contribution is -1.95. The monoisotopic (exact) mass is 354 g/mol. The molecule has 18 heavy (non-hydrogen) atoms. The van der Waals surface area contributed by atoms with Crippen LogP contribution in [-0.4, -0.2) is 19.2 Å². The molecule has 5 nitrogen and oxygen atoms in total. The van der Waals surface area contributed by atoms with Crippen molar-refractivity contribution in [3.8, 4) is 5.75 Å². The van der Waals surface area contributed by atoms with Gasteiger partial charge in [-0.3, -0.25) is 9.08 Å². The SMILES string of the molecule is Cn1cc(COc2ccn3c(I)cnc3c2)cn1. The molecule has 0 saturated carbocycles. The molecule has 92 valence electrons. The Morgan fingerprint density at radius 2 is 2.28 bits per heavy atom. The number of rotatable bonds is 3. The van der Waals surface area contributed by atoms with Gasteiger partial charge in [-0.1, -0.05) is 0 Å². The van der Waals surface area contributed by atoms with E-state index in [0.29, 0.717) is 6.61 Å². The van der Waals surface area contributed by atoms with Gasteiger partial charge in [0.2, 0.25) is 0 Å². The maximum Gasteiger partial charge on any atom is 0.141 e. The fourth-order valence-corrected chi connectivity index (χ4v) is 2.28. The van der Waals surface area contributed by atoms with Crippen LogP contribution in [0.4, 0.5) is 0 Å². The number of fused-ring (bicyclic) bond motifs is 1. The molecule has 3 aromatic rings. The van der Waals surface area contributed by atoms with Gasteiger partial charge < -0.3 is 4.74 Å². The maximum absolute atomic E-state index is 5.71. The number of pyridine rings is 1. The van der Waals surface area contributed by atoms with Crippen LogP contribution in [-0.2, 0) is 13.7 Å². The van der Waals surface area contributed by atoms with Crippen molar-refractivity contribution < 1.29 is 4.74 Å². The van der Waals surface area contributed by atoms with E-state index in [1.807, 2.05) is 42.2 Å².